The average Bonchev–Trinajstić information content (AvgIpc) is 3.24. The van der Waals surface area contributed by atoms with Crippen molar-refractivity contribution in [1.29, 1.82) is 0 Å². The van der Waals surface area contributed by atoms with E-state index >= 15 is 0 Å². The molecule has 1 aromatic carbocycles. The number of hydrogen-bond acceptors (Lipinski definition) is 5. The van der Waals surface area contributed by atoms with E-state index in [1.54, 1.807) is 6.20 Å². The van der Waals surface area contributed by atoms with Crippen molar-refractivity contribution in [2.75, 3.05) is 6.54 Å². The lowest BCUT2D eigenvalue weighted by Gasteiger charge is -2.22. The molecule has 3 amide bonds. The van der Waals surface area contributed by atoms with Gasteiger partial charge < -0.3 is 27.1 Å². The maximum Gasteiger partial charge on any atom is 0.243 e. The summed E-state index contributed by atoms with van der Waals surface area (Å²) >= 11 is 0. The maximum absolute atomic E-state index is 12.9. The fourth-order valence-electron chi connectivity index (χ4n) is 3.04. The van der Waals surface area contributed by atoms with Crippen LogP contribution in [0, 0.1) is 0 Å². The number of aromatic amines is 1. The van der Waals surface area contributed by atoms with Crippen molar-refractivity contribution in [3.8, 4) is 0 Å². The predicted molar refractivity (Wildman–Crippen MR) is 113 cm³/mol. The van der Waals surface area contributed by atoms with Gasteiger partial charge in [-0.15, -0.1) is 0 Å². The number of imidazole rings is 1. The monoisotopic (exact) mass is 414 g/mol. The lowest BCUT2D eigenvalue weighted by Crippen LogP contribution is -2.54. The summed E-state index contributed by atoms with van der Waals surface area (Å²) in [4.78, 5) is 43.9. The Morgan fingerprint density at radius 3 is 2.40 bits per heavy atom. The van der Waals surface area contributed by atoms with Crippen LogP contribution in [-0.2, 0) is 27.2 Å². The maximum atomic E-state index is 12.9. The average molecular weight is 415 g/mol. The Bertz CT molecular complexity index is 794. The first-order valence-corrected chi connectivity index (χ1v) is 10.1. The molecule has 0 saturated heterocycles. The molecule has 1 heterocycles. The minimum Gasteiger partial charge on any atom is -0.368 e. The Balaban J connectivity index is 2.04. The van der Waals surface area contributed by atoms with Crippen molar-refractivity contribution < 1.29 is 14.4 Å². The van der Waals surface area contributed by atoms with Gasteiger partial charge >= 0.3 is 0 Å². The van der Waals surface area contributed by atoms with Gasteiger partial charge in [-0.3, -0.25) is 14.4 Å². The number of hydrogen-bond donors (Lipinski definition) is 5. The van der Waals surface area contributed by atoms with Crippen molar-refractivity contribution in [3.63, 3.8) is 0 Å². The Labute approximate surface area is 176 Å². The number of nitrogens with zero attached hydrogens (tertiary/aromatic N) is 1. The van der Waals surface area contributed by atoms with Crippen LogP contribution in [0.5, 0.6) is 0 Å². The van der Waals surface area contributed by atoms with Gasteiger partial charge in [-0.25, -0.2) is 4.98 Å². The van der Waals surface area contributed by atoms with Gasteiger partial charge in [0.05, 0.1) is 6.33 Å². The summed E-state index contributed by atoms with van der Waals surface area (Å²) in [5.41, 5.74) is 12.5. The van der Waals surface area contributed by atoms with Crippen LogP contribution >= 0.6 is 0 Å². The zero-order chi connectivity index (χ0) is 21.8. The number of H-pyrrole nitrogens is 1. The van der Waals surface area contributed by atoms with Crippen molar-refractivity contribution in [1.82, 2.24) is 20.6 Å². The molecule has 0 aliphatic rings. The number of unbranched alkanes of at least 4 members (excludes halogenated alkanes) is 2. The van der Waals surface area contributed by atoms with Crippen LogP contribution in [0.2, 0.25) is 0 Å². The Kier molecular flexibility index (Phi) is 9.53. The van der Waals surface area contributed by atoms with Gasteiger partial charge in [0, 0.05) is 31.2 Å². The fraction of sp³-hybridized carbons (Fsp3) is 0.429. The molecule has 0 fully saturated rings. The largest absolute Gasteiger partial charge is 0.368 e. The Morgan fingerprint density at radius 2 is 1.77 bits per heavy atom. The van der Waals surface area contributed by atoms with Gasteiger partial charge in [-0.05, 0) is 24.9 Å². The first-order valence-electron chi connectivity index (χ1n) is 10.1. The van der Waals surface area contributed by atoms with Crippen LogP contribution in [0.1, 0.15) is 36.9 Å². The second-order valence-electron chi connectivity index (χ2n) is 7.15. The highest BCUT2D eigenvalue weighted by atomic mass is 16.2. The molecule has 0 aliphatic carbocycles. The van der Waals surface area contributed by atoms with E-state index in [0.717, 1.165) is 18.4 Å². The molecule has 0 aliphatic heterocycles. The molecule has 1 aromatic heterocycles. The fourth-order valence-corrected chi connectivity index (χ4v) is 3.04. The summed E-state index contributed by atoms with van der Waals surface area (Å²) < 4.78 is 0. The number of primary amides is 1. The van der Waals surface area contributed by atoms with Crippen LogP contribution in [-0.4, -0.2) is 46.3 Å². The molecule has 0 radical (unpaired) electrons. The molecule has 2 aromatic rings. The normalized spacial score (nSPS) is 12.7. The van der Waals surface area contributed by atoms with Crippen LogP contribution < -0.4 is 22.1 Å². The topological polar surface area (TPSA) is 156 Å². The summed E-state index contributed by atoms with van der Waals surface area (Å²) in [6.07, 6.45) is 6.26. The van der Waals surface area contributed by atoms with Gasteiger partial charge in [0.15, 0.2) is 0 Å². The van der Waals surface area contributed by atoms with Crippen LogP contribution in [0.25, 0.3) is 0 Å². The number of benzene rings is 1. The highest BCUT2D eigenvalue weighted by molar-refractivity contribution is 5.91. The molecule has 162 valence electrons. The van der Waals surface area contributed by atoms with Gasteiger partial charge in [-0.1, -0.05) is 36.8 Å². The summed E-state index contributed by atoms with van der Waals surface area (Å²) in [5.74, 6) is -1.34. The molecule has 2 atom stereocenters. The second kappa shape index (κ2) is 12.4. The molecule has 9 nitrogen and oxygen atoms in total. The summed E-state index contributed by atoms with van der Waals surface area (Å²) in [6.45, 7) is 0.589. The quantitative estimate of drug-likeness (QED) is 0.295. The third-order valence-electron chi connectivity index (χ3n) is 4.68. The SMILES string of the molecule is NCCCCCC(=O)N[C@@H](Cc1ccccc1)C(=O)N[C@@H](Cc1cnc[nH]1)C(N)=O. The van der Waals surface area contributed by atoms with Gasteiger partial charge in [-0.2, -0.15) is 0 Å². The molecular weight excluding hydrogens is 384 g/mol. The number of amides is 3. The molecule has 0 bridgehead atoms. The molecule has 0 saturated carbocycles. The second-order valence-corrected chi connectivity index (χ2v) is 7.15. The van der Waals surface area contributed by atoms with Crippen molar-refractivity contribution >= 4 is 17.7 Å². The minimum absolute atomic E-state index is 0.187. The van der Waals surface area contributed by atoms with E-state index in [-0.39, 0.29) is 12.3 Å². The van der Waals surface area contributed by atoms with Crippen molar-refractivity contribution in [2.24, 2.45) is 11.5 Å². The molecule has 2 rings (SSSR count). The Morgan fingerprint density at radius 1 is 1.00 bits per heavy atom. The van der Waals surface area contributed by atoms with E-state index in [9.17, 15) is 14.4 Å². The third kappa shape index (κ3) is 8.04. The number of rotatable bonds is 13. The van der Waals surface area contributed by atoms with E-state index in [4.69, 9.17) is 11.5 Å². The number of nitrogens with two attached hydrogens (primary N) is 2. The highest BCUT2D eigenvalue weighted by Crippen LogP contribution is 2.07. The molecular formula is C21H30N6O3. The lowest BCUT2D eigenvalue weighted by molar-refractivity contribution is -0.131. The van der Waals surface area contributed by atoms with E-state index in [1.165, 1.54) is 6.33 Å². The van der Waals surface area contributed by atoms with Crippen LogP contribution in [0.3, 0.4) is 0 Å². The number of carbonyl (C=O) groups excluding carboxylic acids is 3. The molecule has 7 N–H and O–H groups in total. The van der Waals surface area contributed by atoms with E-state index < -0.39 is 23.9 Å². The highest BCUT2D eigenvalue weighted by Gasteiger charge is 2.26. The van der Waals surface area contributed by atoms with E-state index in [2.05, 4.69) is 20.6 Å². The number of nitrogens with one attached hydrogen (secondary N) is 3. The lowest BCUT2D eigenvalue weighted by atomic mass is 10.0. The first kappa shape index (κ1) is 23.1. The number of aromatic nitrogens is 2. The standard InChI is InChI=1S/C21H30N6O3/c22-10-6-2-5-9-19(28)26-18(11-15-7-3-1-4-8-15)21(30)27-17(20(23)29)12-16-13-24-14-25-16/h1,3-4,7-8,13-14,17-18H,2,5-6,9-12,22H2,(H2,23,29)(H,24,25)(H,26,28)(H,27,30)/t17-,18-/m0/s1. The summed E-state index contributed by atoms with van der Waals surface area (Å²) in [5, 5.41) is 5.46. The zero-order valence-electron chi connectivity index (χ0n) is 17.0. The smallest absolute Gasteiger partial charge is 0.243 e. The Hall–Kier alpha value is -3.20. The van der Waals surface area contributed by atoms with Gasteiger partial charge in [0.1, 0.15) is 12.1 Å². The molecule has 0 spiro atoms. The van der Waals surface area contributed by atoms with Crippen molar-refractivity contribution in [2.45, 2.75) is 50.6 Å². The molecule has 9 heteroatoms. The van der Waals surface area contributed by atoms with Crippen molar-refractivity contribution in [3.05, 3.63) is 54.1 Å². The van der Waals surface area contributed by atoms with Gasteiger partial charge in [0.2, 0.25) is 17.7 Å². The first-order chi connectivity index (χ1) is 14.5. The summed E-state index contributed by atoms with van der Waals surface area (Å²) in [7, 11) is 0. The van der Waals surface area contributed by atoms with Crippen LogP contribution in [0.4, 0.5) is 0 Å². The third-order valence-corrected chi connectivity index (χ3v) is 4.68. The minimum atomic E-state index is -0.919. The van der Waals surface area contributed by atoms with Gasteiger partial charge in [0.25, 0.3) is 0 Å². The molecule has 30 heavy (non-hydrogen) atoms. The molecule has 0 unspecified atom stereocenters. The zero-order valence-corrected chi connectivity index (χ0v) is 17.0. The number of carbonyl (C=O) groups is 3. The van der Waals surface area contributed by atoms with E-state index in [0.29, 0.717) is 31.5 Å². The van der Waals surface area contributed by atoms with Crippen LogP contribution in [0.15, 0.2) is 42.9 Å². The van der Waals surface area contributed by atoms with E-state index in [1.807, 2.05) is 30.3 Å². The predicted octanol–water partition coefficient (Wildman–Crippen LogP) is 0.169. The summed E-state index contributed by atoms with van der Waals surface area (Å²) in [6, 6.07) is 7.62.